The highest BCUT2D eigenvalue weighted by atomic mass is 16.5. The Kier molecular flexibility index (Phi) is 5.53. The fourth-order valence-electron chi connectivity index (χ4n) is 1.33. The summed E-state index contributed by atoms with van der Waals surface area (Å²) in [5, 5.41) is 0. The van der Waals surface area contributed by atoms with Crippen molar-refractivity contribution in [3.63, 3.8) is 0 Å². The van der Waals surface area contributed by atoms with E-state index in [9.17, 15) is 0 Å². The van der Waals surface area contributed by atoms with Crippen LogP contribution in [0.4, 0.5) is 0 Å². The lowest BCUT2D eigenvalue weighted by atomic mass is 9.98. The normalized spacial score (nSPS) is 15.0. The molecule has 0 bridgehead atoms. The fraction of sp³-hybridized carbons (Fsp3) is 1.00. The van der Waals surface area contributed by atoms with Crippen LogP contribution in [0.15, 0.2) is 0 Å². The summed E-state index contributed by atoms with van der Waals surface area (Å²) >= 11 is 0. The summed E-state index contributed by atoms with van der Waals surface area (Å²) in [4.78, 5) is 2.26. The first-order valence-electron chi connectivity index (χ1n) is 4.92. The van der Waals surface area contributed by atoms with Crippen molar-refractivity contribution < 1.29 is 4.74 Å². The van der Waals surface area contributed by atoms with Crippen molar-refractivity contribution in [2.75, 3.05) is 27.2 Å². The molecule has 0 saturated carbocycles. The molecule has 3 nitrogen and oxygen atoms in total. The van der Waals surface area contributed by atoms with E-state index in [1.807, 2.05) is 0 Å². The summed E-state index contributed by atoms with van der Waals surface area (Å²) in [6.45, 7) is 8.06. The highest BCUT2D eigenvalue weighted by Gasteiger charge is 2.23. The van der Waals surface area contributed by atoms with E-state index >= 15 is 0 Å². The summed E-state index contributed by atoms with van der Waals surface area (Å²) in [7, 11) is 3.85. The summed E-state index contributed by atoms with van der Waals surface area (Å²) in [5.74, 6) is 0. The monoisotopic (exact) mass is 188 g/mol. The number of rotatable bonds is 6. The Labute approximate surface area is 82.2 Å². The molecular weight excluding hydrogens is 164 g/mol. The Balaban J connectivity index is 4.11. The van der Waals surface area contributed by atoms with Crippen LogP contribution in [-0.2, 0) is 4.74 Å². The minimum absolute atomic E-state index is 0.0759. The molecule has 80 valence electrons. The summed E-state index contributed by atoms with van der Waals surface area (Å²) in [6.07, 6.45) is 0.977. The first-order chi connectivity index (χ1) is 5.96. The number of hydrogen-bond acceptors (Lipinski definition) is 3. The highest BCUT2D eigenvalue weighted by molar-refractivity contribution is 4.79. The van der Waals surface area contributed by atoms with Gasteiger partial charge in [0.15, 0.2) is 0 Å². The third-order valence-electron chi connectivity index (χ3n) is 2.67. The lowest BCUT2D eigenvalue weighted by Crippen LogP contribution is -2.43. The van der Waals surface area contributed by atoms with E-state index in [2.05, 4.69) is 32.7 Å². The predicted octanol–water partition coefficient (Wildman–Crippen LogP) is 1.08. The third-order valence-corrected chi connectivity index (χ3v) is 2.67. The maximum absolute atomic E-state index is 5.71. The van der Waals surface area contributed by atoms with Gasteiger partial charge in [0.2, 0.25) is 0 Å². The van der Waals surface area contributed by atoms with E-state index in [1.165, 1.54) is 0 Å². The summed E-state index contributed by atoms with van der Waals surface area (Å²) < 4.78 is 5.38. The van der Waals surface area contributed by atoms with Gasteiger partial charge in [0, 0.05) is 19.7 Å². The van der Waals surface area contributed by atoms with Crippen LogP contribution in [-0.4, -0.2) is 43.8 Å². The van der Waals surface area contributed by atoms with Gasteiger partial charge in [-0.1, -0.05) is 6.92 Å². The number of methoxy groups -OCH3 is 1. The minimum atomic E-state index is -0.0759. The highest BCUT2D eigenvalue weighted by Crippen LogP contribution is 2.17. The molecule has 13 heavy (non-hydrogen) atoms. The van der Waals surface area contributed by atoms with Gasteiger partial charge in [-0.15, -0.1) is 0 Å². The van der Waals surface area contributed by atoms with Gasteiger partial charge < -0.3 is 15.4 Å². The van der Waals surface area contributed by atoms with Crippen LogP contribution in [0.3, 0.4) is 0 Å². The van der Waals surface area contributed by atoms with Crippen LogP contribution in [0.1, 0.15) is 27.2 Å². The van der Waals surface area contributed by atoms with Crippen LogP contribution in [0.2, 0.25) is 0 Å². The standard InChI is InChI=1S/C10H24N2O/c1-6-12(4)9(8-11)7-10(2,3)13-5/h9H,6-8,11H2,1-5H3. The van der Waals surface area contributed by atoms with Crippen LogP contribution in [0, 0.1) is 0 Å². The van der Waals surface area contributed by atoms with E-state index in [-0.39, 0.29) is 5.60 Å². The zero-order valence-electron chi connectivity index (χ0n) is 9.63. The second-order valence-corrected chi connectivity index (χ2v) is 4.13. The topological polar surface area (TPSA) is 38.5 Å². The van der Waals surface area contributed by atoms with Gasteiger partial charge >= 0.3 is 0 Å². The van der Waals surface area contributed by atoms with Crippen molar-refractivity contribution >= 4 is 0 Å². The van der Waals surface area contributed by atoms with E-state index in [0.717, 1.165) is 13.0 Å². The molecular formula is C10H24N2O. The number of likely N-dealkylation sites (N-methyl/N-ethyl adjacent to an activating group) is 1. The predicted molar refractivity (Wildman–Crippen MR) is 56.9 cm³/mol. The molecule has 0 aromatic heterocycles. The molecule has 0 heterocycles. The van der Waals surface area contributed by atoms with E-state index in [0.29, 0.717) is 12.6 Å². The Morgan fingerprint density at radius 2 is 2.00 bits per heavy atom. The van der Waals surface area contributed by atoms with Gasteiger partial charge in [0.25, 0.3) is 0 Å². The fourth-order valence-corrected chi connectivity index (χ4v) is 1.33. The van der Waals surface area contributed by atoms with Crippen LogP contribution < -0.4 is 5.73 Å². The molecule has 0 aliphatic rings. The van der Waals surface area contributed by atoms with Crippen molar-refractivity contribution in [2.45, 2.75) is 38.8 Å². The van der Waals surface area contributed by atoms with Gasteiger partial charge in [-0.3, -0.25) is 0 Å². The SMILES string of the molecule is CCN(C)C(CN)CC(C)(C)OC. The van der Waals surface area contributed by atoms with Gasteiger partial charge in [0.1, 0.15) is 0 Å². The molecule has 0 amide bonds. The van der Waals surface area contributed by atoms with E-state index in [1.54, 1.807) is 7.11 Å². The van der Waals surface area contributed by atoms with Crippen molar-refractivity contribution in [2.24, 2.45) is 5.73 Å². The molecule has 0 spiro atoms. The number of nitrogens with two attached hydrogens (primary N) is 1. The Bertz CT molecular complexity index is 137. The molecule has 1 atom stereocenters. The molecule has 0 aliphatic heterocycles. The minimum Gasteiger partial charge on any atom is -0.379 e. The maximum atomic E-state index is 5.71. The molecule has 2 N–H and O–H groups in total. The lowest BCUT2D eigenvalue weighted by molar-refractivity contribution is -0.00391. The zero-order valence-corrected chi connectivity index (χ0v) is 9.63. The van der Waals surface area contributed by atoms with Gasteiger partial charge in [0.05, 0.1) is 5.60 Å². The van der Waals surface area contributed by atoms with Gasteiger partial charge in [-0.25, -0.2) is 0 Å². The molecule has 0 saturated heterocycles. The maximum Gasteiger partial charge on any atom is 0.0638 e. The summed E-state index contributed by atoms with van der Waals surface area (Å²) in [6, 6.07) is 0.417. The molecule has 0 aromatic carbocycles. The quantitative estimate of drug-likeness (QED) is 0.678. The number of hydrogen-bond donors (Lipinski definition) is 1. The molecule has 0 rings (SSSR count). The Morgan fingerprint density at radius 3 is 2.31 bits per heavy atom. The second-order valence-electron chi connectivity index (χ2n) is 4.13. The van der Waals surface area contributed by atoms with Crippen molar-refractivity contribution in [3.05, 3.63) is 0 Å². The Hall–Kier alpha value is -0.120. The molecule has 0 aromatic rings. The first-order valence-corrected chi connectivity index (χ1v) is 4.92. The zero-order chi connectivity index (χ0) is 10.5. The van der Waals surface area contributed by atoms with Gasteiger partial charge in [-0.2, -0.15) is 0 Å². The van der Waals surface area contributed by atoms with Crippen molar-refractivity contribution in [1.82, 2.24) is 4.90 Å². The van der Waals surface area contributed by atoms with E-state index < -0.39 is 0 Å². The Morgan fingerprint density at radius 1 is 1.46 bits per heavy atom. The third kappa shape index (κ3) is 4.60. The molecule has 1 unspecified atom stereocenters. The van der Waals surface area contributed by atoms with Gasteiger partial charge in [-0.05, 0) is 33.9 Å². The number of nitrogens with zero attached hydrogens (tertiary/aromatic N) is 1. The second kappa shape index (κ2) is 5.58. The molecule has 0 radical (unpaired) electrons. The molecule has 0 fully saturated rings. The lowest BCUT2D eigenvalue weighted by Gasteiger charge is -2.33. The van der Waals surface area contributed by atoms with Crippen LogP contribution in [0.25, 0.3) is 0 Å². The molecule has 0 aliphatic carbocycles. The van der Waals surface area contributed by atoms with Crippen molar-refractivity contribution in [3.8, 4) is 0 Å². The van der Waals surface area contributed by atoms with Crippen LogP contribution >= 0.6 is 0 Å². The average molecular weight is 188 g/mol. The number of ether oxygens (including phenoxy) is 1. The van der Waals surface area contributed by atoms with Crippen LogP contribution in [0.5, 0.6) is 0 Å². The molecule has 3 heteroatoms. The first kappa shape index (κ1) is 12.9. The summed E-state index contributed by atoms with van der Waals surface area (Å²) in [5.41, 5.74) is 5.64. The van der Waals surface area contributed by atoms with Crippen molar-refractivity contribution in [1.29, 1.82) is 0 Å². The van der Waals surface area contributed by atoms with E-state index in [4.69, 9.17) is 10.5 Å². The average Bonchev–Trinajstić information content (AvgIpc) is 2.13. The largest absolute Gasteiger partial charge is 0.379 e. The smallest absolute Gasteiger partial charge is 0.0638 e.